The first-order chi connectivity index (χ1) is 15.0. The third-order valence-electron chi connectivity index (χ3n) is 7.17. The van der Waals surface area contributed by atoms with Crippen LogP contribution in [-0.4, -0.2) is 10.2 Å². The molecule has 0 saturated carbocycles. The molecule has 2 nitrogen and oxygen atoms in total. The summed E-state index contributed by atoms with van der Waals surface area (Å²) >= 11 is 1.72. The van der Waals surface area contributed by atoms with E-state index in [0.29, 0.717) is 0 Å². The highest BCUT2D eigenvalue weighted by Gasteiger charge is 2.47. The van der Waals surface area contributed by atoms with Gasteiger partial charge in [0.15, 0.2) is 0 Å². The van der Waals surface area contributed by atoms with Gasteiger partial charge in [-0.05, 0) is 86.4 Å². The van der Waals surface area contributed by atoms with Gasteiger partial charge in [0.05, 0.1) is 11.3 Å². The predicted octanol–water partition coefficient (Wildman–Crippen LogP) is 7.41. The van der Waals surface area contributed by atoms with Crippen molar-refractivity contribution in [2.45, 2.75) is 38.5 Å². The Morgan fingerprint density at radius 2 is 1.23 bits per heavy atom. The van der Waals surface area contributed by atoms with Crippen molar-refractivity contribution in [3.63, 3.8) is 0 Å². The minimum Gasteiger partial charge on any atom is -0.273 e. The summed E-state index contributed by atoms with van der Waals surface area (Å²) in [7, 11) is 0. The molecule has 0 atom stereocenters. The molecule has 0 fully saturated rings. The van der Waals surface area contributed by atoms with Gasteiger partial charge in [-0.3, -0.25) is 9.10 Å². The van der Waals surface area contributed by atoms with Crippen LogP contribution >= 0.6 is 11.9 Å². The quantitative estimate of drug-likeness (QED) is 0.313. The molecule has 4 aromatic carbocycles. The standard InChI is InChI=1S/C28H25NOS/c1-4-28(2,3)27(30)29-25-21-13-17-9-5-7-11-19(17)15-23(21)26(31-29)24-16-20-12-8-6-10-18(20)14-22(24)25/h5-16,25-26H,4H2,1-3H3. The summed E-state index contributed by atoms with van der Waals surface area (Å²) < 4.78 is 2.09. The van der Waals surface area contributed by atoms with E-state index in [2.05, 4.69) is 97.9 Å². The average molecular weight is 424 g/mol. The van der Waals surface area contributed by atoms with Gasteiger partial charge >= 0.3 is 0 Å². The van der Waals surface area contributed by atoms with Crippen LogP contribution < -0.4 is 0 Å². The van der Waals surface area contributed by atoms with E-state index in [0.717, 1.165) is 6.42 Å². The molecule has 1 amide bonds. The monoisotopic (exact) mass is 423 g/mol. The predicted molar refractivity (Wildman–Crippen MR) is 130 cm³/mol. The van der Waals surface area contributed by atoms with E-state index in [1.54, 1.807) is 11.9 Å². The Balaban J connectivity index is 1.63. The number of benzene rings is 4. The Kier molecular flexibility index (Phi) is 4.04. The smallest absolute Gasteiger partial charge is 0.238 e. The second kappa shape index (κ2) is 6.61. The first-order valence-electron chi connectivity index (χ1n) is 11.0. The summed E-state index contributed by atoms with van der Waals surface area (Å²) in [5, 5.41) is 5.15. The number of hydrogen-bond donors (Lipinski definition) is 0. The van der Waals surface area contributed by atoms with Crippen molar-refractivity contribution in [1.82, 2.24) is 4.31 Å². The minimum atomic E-state index is -0.376. The number of hydrogen-bond acceptors (Lipinski definition) is 2. The van der Waals surface area contributed by atoms with Gasteiger partial charge in [0, 0.05) is 5.41 Å². The molecule has 3 aliphatic rings. The molecule has 2 bridgehead atoms. The van der Waals surface area contributed by atoms with Crippen LogP contribution in [-0.2, 0) is 4.79 Å². The fourth-order valence-electron chi connectivity index (χ4n) is 4.97. The van der Waals surface area contributed by atoms with Crippen LogP contribution in [0.4, 0.5) is 0 Å². The maximum absolute atomic E-state index is 13.7. The van der Waals surface area contributed by atoms with Crippen LogP contribution in [0.3, 0.4) is 0 Å². The SMILES string of the molecule is CCC(C)(C)C(=O)N1SC2c3cc4ccccc4cc3C1c1cc3ccccc3cc12. The molecular weight excluding hydrogens is 398 g/mol. The fourth-order valence-corrected chi connectivity index (χ4v) is 6.52. The second-order valence-corrected chi connectivity index (χ2v) is 10.5. The molecule has 3 heteroatoms. The molecule has 31 heavy (non-hydrogen) atoms. The molecular formula is C28H25NOS. The highest BCUT2D eigenvalue weighted by atomic mass is 32.2. The molecule has 4 aromatic rings. The Morgan fingerprint density at radius 3 is 1.65 bits per heavy atom. The molecule has 2 heterocycles. The van der Waals surface area contributed by atoms with E-state index >= 15 is 0 Å². The molecule has 154 valence electrons. The van der Waals surface area contributed by atoms with Crippen LogP contribution in [0.2, 0.25) is 0 Å². The Morgan fingerprint density at radius 1 is 0.806 bits per heavy atom. The maximum atomic E-state index is 13.7. The van der Waals surface area contributed by atoms with Crippen molar-refractivity contribution in [1.29, 1.82) is 0 Å². The summed E-state index contributed by atoms with van der Waals surface area (Å²) in [5.74, 6) is 0.229. The van der Waals surface area contributed by atoms with Crippen molar-refractivity contribution in [2.24, 2.45) is 5.41 Å². The lowest BCUT2D eigenvalue weighted by atomic mass is 9.78. The first kappa shape index (κ1) is 18.9. The summed E-state index contributed by atoms with van der Waals surface area (Å²) in [4.78, 5) is 13.7. The maximum Gasteiger partial charge on any atom is 0.238 e. The minimum absolute atomic E-state index is 0.0486. The summed E-state index contributed by atoms with van der Waals surface area (Å²) in [6.45, 7) is 6.25. The summed E-state index contributed by atoms with van der Waals surface area (Å²) in [5.41, 5.74) is 4.90. The van der Waals surface area contributed by atoms with E-state index in [9.17, 15) is 4.79 Å². The van der Waals surface area contributed by atoms with Gasteiger partial charge in [-0.1, -0.05) is 69.3 Å². The topological polar surface area (TPSA) is 20.3 Å². The van der Waals surface area contributed by atoms with Crippen molar-refractivity contribution in [2.75, 3.05) is 0 Å². The average Bonchev–Trinajstić information content (AvgIpc) is 2.80. The number of amides is 1. The Labute approximate surface area is 187 Å². The van der Waals surface area contributed by atoms with E-state index < -0.39 is 0 Å². The van der Waals surface area contributed by atoms with Gasteiger partial charge in [0.25, 0.3) is 0 Å². The van der Waals surface area contributed by atoms with Crippen molar-refractivity contribution in [3.05, 3.63) is 95.1 Å². The van der Waals surface area contributed by atoms with Gasteiger partial charge in [-0.15, -0.1) is 0 Å². The van der Waals surface area contributed by atoms with Crippen LogP contribution in [0.25, 0.3) is 21.5 Å². The van der Waals surface area contributed by atoms with Crippen molar-refractivity contribution in [3.8, 4) is 0 Å². The van der Waals surface area contributed by atoms with E-state index in [1.165, 1.54) is 43.8 Å². The van der Waals surface area contributed by atoms with E-state index in [1.807, 2.05) is 0 Å². The summed E-state index contributed by atoms with van der Waals surface area (Å²) in [6.07, 6.45) is 0.829. The molecule has 0 N–H and O–H groups in total. The summed E-state index contributed by atoms with van der Waals surface area (Å²) in [6, 6.07) is 26.4. The molecule has 0 aromatic heterocycles. The third kappa shape index (κ3) is 2.69. The second-order valence-electron chi connectivity index (χ2n) is 9.41. The van der Waals surface area contributed by atoms with E-state index in [4.69, 9.17) is 0 Å². The van der Waals surface area contributed by atoms with Crippen LogP contribution in [0.5, 0.6) is 0 Å². The zero-order chi connectivity index (χ0) is 21.3. The van der Waals surface area contributed by atoms with Crippen LogP contribution in [0, 0.1) is 5.41 Å². The lowest BCUT2D eigenvalue weighted by Crippen LogP contribution is -2.44. The highest BCUT2D eigenvalue weighted by molar-refractivity contribution is 7.98. The van der Waals surface area contributed by atoms with E-state index in [-0.39, 0.29) is 22.6 Å². The molecule has 0 spiro atoms. The van der Waals surface area contributed by atoms with Crippen LogP contribution in [0.1, 0.15) is 60.7 Å². The fraction of sp³-hybridized carbons (Fsp3) is 0.250. The lowest BCUT2D eigenvalue weighted by molar-refractivity contribution is -0.136. The Hall–Kier alpha value is -2.78. The van der Waals surface area contributed by atoms with Crippen LogP contribution in [0.15, 0.2) is 72.8 Å². The molecule has 0 radical (unpaired) electrons. The Bertz CT molecular complexity index is 1290. The van der Waals surface area contributed by atoms with Gasteiger partial charge < -0.3 is 0 Å². The number of fused-ring (bicyclic) bond motifs is 3. The number of rotatable bonds is 2. The molecule has 1 aliphatic carbocycles. The zero-order valence-electron chi connectivity index (χ0n) is 18.1. The molecule has 0 unspecified atom stereocenters. The molecule has 2 aliphatic heterocycles. The van der Waals surface area contributed by atoms with Crippen molar-refractivity contribution >= 4 is 39.4 Å². The lowest BCUT2D eigenvalue weighted by Gasteiger charge is -2.48. The number of carbonyl (C=O) groups excluding carboxylic acids is 1. The van der Waals surface area contributed by atoms with Gasteiger partial charge in [0.2, 0.25) is 5.91 Å². The highest BCUT2D eigenvalue weighted by Crippen LogP contribution is 2.60. The van der Waals surface area contributed by atoms with Crippen molar-refractivity contribution < 1.29 is 4.79 Å². The third-order valence-corrected chi connectivity index (χ3v) is 8.50. The number of nitrogens with zero attached hydrogens (tertiary/aromatic N) is 1. The normalized spacial score (nSPS) is 19.5. The van der Waals surface area contributed by atoms with Gasteiger partial charge in [-0.25, -0.2) is 0 Å². The first-order valence-corrected chi connectivity index (χ1v) is 11.9. The molecule has 0 saturated heterocycles. The largest absolute Gasteiger partial charge is 0.273 e. The van der Waals surface area contributed by atoms with Gasteiger partial charge in [0.1, 0.15) is 0 Å². The number of carbonyl (C=O) groups is 1. The molecule has 7 rings (SSSR count). The zero-order valence-corrected chi connectivity index (χ0v) is 18.9. The van der Waals surface area contributed by atoms with Gasteiger partial charge in [-0.2, -0.15) is 0 Å².